The fourth-order valence-electron chi connectivity index (χ4n) is 3.00. The van der Waals surface area contributed by atoms with E-state index in [-0.39, 0.29) is 18.9 Å². The number of aliphatic hydroxyl groups is 1. The Morgan fingerprint density at radius 1 is 1.33 bits per heavy atom. The zero-order chi connectivity index (χ0) is 17.5. The van der Waals surface area contributed by atoms with Gasteiger partial charge in [-0.25, -0.2) is 0 Å². The Morgan fingerprint density at radius 2 is 2.08 bits per heavy atom. The molecule has 3 rings (SSSR count). The van der Waals surface area contributed by atoms with E-state index >= 15 is 0 Å². The third-order valence-corrected chi connectivity index (χ3v) is 4.12. The largest absolute Gasteiger partial charge is 0.469 e. The smallest absolute Gasteiger partial charge is 0.416 e. The molecule has 2 heterocycles. The molecule has 1 fully saturated rings. The number of rotatable bonds is 2. The molecule has 1 aliphatic heterocycles. The molecule has 7 heteroatoms. The summed E-state index contributed by atoms with van der Waals surface area (Å²) in [6, 6.07) is 5.83. The number of likely N-dealkylation sites (tertiary alicyclic amines) is 1. The molecule has 2 atom stereocenters. The van der Waals surface area contributed by atoms with Gasteiger partial charge in [0.2, 0.25) is 0 Å². The first-order chi connectivity index (χ1) is 11.3. The van der Waals surface area contributed by atoms with Crippen molar-refractivity contribution in [3.05, 3.63) is 59.0 Å². The van der Waals surface area contributed by atoms with Gasteiger partial charge < -0.3 is 14.4 Å². The molecule has 4 nitrogen and oxygen atoms in total. The van der Waals surface area contributed by atoms with Crippen molar-refractivity contribution in [1.82, 2.24) is 4.90 Å². The van der Waals surface area contributed by atoms with Crippen LogP contribution in [0, 0.1) is 6.92 Å². The Labute approximate surface area is 136 Å². The van der Waals surface area contributed by atoms with E-state index in [1.807, 2.05) is 0 Å². The summed E-state index contributed by atoms with van der Waals surface area (Å²) in [5, 5.41) is 9.92. The van der Waals surface area contributed by atoms with Crippen molar-refractivity contribution in [1.29, 1.82) is 0 Å². The minimum Gasteiger partial charge on any atom is -0.469 e. The van der Waals surface area contributed by atoms with E-state index in [1.54, 1.807) is 19.1 Å². The Balaban J connectivity index is 1.92. The summed E-state index contributed by atoms with van der Waals surface area (Å²) in [6.07, 6.45) is -3.72. The van der Waals surface area contributed by atoms with Gasteiger partial charge in [0.15, 0.2) is 0 Å². The molecular formula is C17H16F3NO3. The number of furan rings is 1. The van der Waals surface area contributed by atoms with Crippen molar-refractivity contribution < 1.29 is 27.5 Å². The van der Waals surface area contributed by atoms with Gasteiger partial charge in [0, 0.05) is 6.54 Å². The van der Waals surface area contributed by atoms with Crippen LogP contribution in [-0.4, -0.2) is 28.6 Å². The summed E-state index contributed by atoms with van der Waals surface area (Å²) in [5.74, 6) is 0.194. The number of hydrogen-bond acceptors (Lipinski definition) is 3. The minimum absolute atomic E-state index is 0.0734. The molecule has 0 radical (unpaired) electrons. The van der Waals surface area contributed by atoms with Crippen LogP contribution >= 0.6 is 0 Å². The van der Waals surface area contributed by atoms with Crippen molar-refractivity contribution >= 4 is 5.91 Å². The highest BCUT2D eigenvalue weighted by molar-refractivity contribution is 5.94. The quantitative estimate of drug-likeness (QED) is 0.910. The molecule has 2 aromatic rings. The highest BCUT2D eigenvalue weighted by atomic mass is 19.4. The Morgan fingerprint density at radius 3 is 2.71 bits per heavy atom. The van der Waals surface area contributed by atoms with Gasteiger partial charge in [0.1, 0.15) is 12.0 Å². The average molecular weight is 339 g/mol. The summed E-state index contributed by atoms with van der Waals surface area (Å²) in [6.45, 7) is 1.77. The third-order valence-electron chi connectivity index (χ3n) is 4.12. The van der Waals surface area contributed by atoms with Crippen LogP contribution in [0.1, 0.15) is 39.7 Å². The van der Waals surface area contributed by atoms with Gasteiger partial charge in [0.25, 0.3) is 5.91 Å². The summed E-state index contributed by atoms with van der Waals surface area (Å²) < 4.78 is 43.9. The third kappa shape index (κ3) is 3.17. The minimum atomic E-state index is -4.45. The molecule has 128 valence electrons. The molecule has 0 aliphatic carbocycles. The standard InChI is InChI=1S/C17H16F3NO3/c1-10-5-12(9-24-10)16(23)21-8-14(22)7-15(21)11-3-2-4-13(6-11)17(18,19)20/h2-6,9,14-15,22H,7-8H2,1H3/t14-,15+/m1/s1. The highest BCUT2D eigenvalue weighted by Gasteiger charge is 2.37. The van der Waals surface area contributed by atoms with Gasteiger partial charge in [-0.05, 0) is 37.1 Å². The van der Waals surface area contributed by atoms with Gasteiger partial charge in [-0.3, -0.25) is 4.79 Å². The first-order valence-electron chi connectivity index (χ1n) is 7.47. The van der Waals surface area contributed by atoms with Crippen molar-refractivity contribution in [3.63, 3.8) is 0 Å². The van der Waals surface area contributed by atoms with Crippen LogP contribution in [0.5, 0.6) is 0 Å². The molecule has 1 aromatic heterocycles. The zero-order valence-electron chi connectivity index (χ0n) is 12.9. The number of benzene rings is 1. The number of nitrogens with zero attached hydrogens (tertiary/aromatic N) is 1. The van der Waals surface area contributed by atoms with Crippen LogP contribution in [0.15, 0.2) is 41.0 Å². The van der Waals surface area contributed by atoms with E-state index in [1.165, 1.54) is 17.2 Å². The lowest BCUT2D eigenvalue weighted by Crippen LogP contribution is -2.31. The van der Waals surface area contributed by atoms with Crippen LogP contribution in [0.2, 0.25) is 0 Å². The maximum absolute atomic E-state index is 12.9. The number of carbonyl (C=O) groups excluding carboxylic acids is 1. The average Bonchev–Trinajstić information content (AvgIpc) is 3.12. The second-order valence-electron chi connectivity index (χ2n) is 5.93. The van der Waals surface area contributed by atoms with Gasteiger partial charge in [-0.15, -0.1) is 0 Å². The molecule has 0 saturated carbocycles. The number of amides is 1. The summed E-state index contributed by atoms with van der Waals surface area (Å²) in [4.78, 5) is 14.0. The number of halogens is 3. The van der Waals surface area contributed by atoms with Crippen LogP contribution in [-0.2, 0) is 6.18 Å². The van der Waals surface area contributed by atoms with Crippen LogP contribution in [0.3, 0.4) is 0 Å². The van der Waals surface area contributed by atoms with E-state index in [2.05, 4.69) is 0 Å². The maximum Gasteiger partial charge on any atom is 0.416 e. The van der Waals surface area contributed by atoms with E-state index in [9.17, 15) is 23.1 Å². The number of aryl methyl sites for hydroxylation is 1. The lowest BCUT2D eigenvalue weighted by Gasteiger charge is -2.25. The van der Waals surface area contributed by atoms with E-state index in [4.69, 9.17) is 4.42 Å². The molecule has 1 N–H and O–H groups in total. The monoisotopic (exact) mass is 339 g/mol. The molecule has 24 heavy (non-hydrogen) atoms. The number of carbonyl (C=O) groups is 1. The van der Waals surface area contributed by atoms with E-state index in [0.29, 0.717) is 16.9 Å². The van der Waals surface area contributed by atoms with Crippen molar-refractivity contribution in [3.8, 4) is 0 Å². The zero-order valence-corrected chi connectivity index (χ0v) is 12.9. The second kappa shape index (κ2) is 5.98. The first kappa shape index (κ1) is 16.6. The van der Waals surface area contributed by atoms with Gasteiger partial charge in [0.05, 0.1) is 23.3 Å². The summed E-state index contributed by atoms with van der Waals surface area (Å²) in [7, 11) is 0. The Kier molecular flexibility index (Phi) is 4.13. The first-order valence-corrected chi connectivity index (χ1v) is 7.47. The summed E-state index contributed by atoms with van der Waals surface area (Å²) >= 11 is 0. The van der Waals surface area contributed by atoms with Crippen molar-refractivity contribution in [2.45, 2.75) is 31.7 Å². The molecule has 1 aliphatic rings. The fourth-order valence-corrected chi connectivity index (χ4v) is 3.00. The highest BCUT2D eigenvalue weighted by Crippen LogP contribution is 2.37. The Hall–Kier alpha value is -2.28. The fraction of sp³-hybridized carbons (Fsp3) is 0.353. The lowest BCUT2D eigenvalue weighted by molar-refractivity contribution is -0.137. The van der Waals surface area contributed by atoms with Crippen LogP contribution in [0.4, 0.5) is 13.2 Å². The molecule has 0 unspecified atom stereocenters. The van der Waals surface area contributed by atoms with E-state index < -0.39 is 23.9 Å². The molecule has 0 bridgehead atoms. The SMILES string of the molecule is Cc1cc(C(=O)N2C[C@H](O)C[C@H]2c2cccc(C(F)(F)F)c2)co1. The van der Waals surface area contributed by atoms with Gasteiger partial charge in [-0.1, -0.05) is 12.1 Å². The molecule has 1 amide bonds. The van der Waals surface area contributed by atoms with Crippen molar-refractivity contribution in [2.75, 3.05) is 6.54 Å². The Bertz CT molecular complexity index is 754. The van der Waals surface area contributed by atoms with Gasteiger partial charge in [-0.2, -0.15) is 13.2 Å². The topological polar surface area (TPSA) is 53.7 Å². The number of aliphatic hydroxyl groups excluding tert-OH is 1. The number of hydrogen-bond donors (Lipinski definition) is 1. The number of β-amino-alcohol motifs (C(OH)–C–C–N with tert-alkyl or cyclic N) is 1. The molecule has 1 aromatic carbocycles. The lowest BCUT2D eigenvalue weighted by atomic mass is 10.0. The van der Waals surface area contributed by atoms with Crippen molar-refractivity contribution in [2.24, 2.45) is 0 Å². The summed E-state index contributed by atoms with van der Waals surface area (Å²) in [5.41, 5.74) is -0.0959. The number of alkyl halides is 3. The predicted octanol–water partition coefficient (Wildman–Crippen LogP) is 3.55. The van der Waals surface area contributed by atoms with Gasteiger partial charge >= 0.3 is 6.18 Å². The maximum atomic E-state index is 12.9. The van der Waals surface area contributed by atoms with Crippen LogP contribution < -0.4 is 0 Å². The normalized spacial score (nSPS) is 21.3. The van der Waals surface area contributed by atoms with E-state index in [0.717, 1.165) is 12.1 Å². The molecule has 1 saturated heterocycles. The second-order valence-corrected chi connectivity index (χ2v) is 5.93. The predicted molar refractivity (Wildman–Crippen MR) is 79.3 cm³/mol. The molecule has 0 spiro atoms. The molecular weight excluding hydrogens is 323 g/mol. The van der Waals surface area contributed by atoms with Crippen LogP contribution in [0.25, 0.3) is 0 Å².